The average molecular weight is 249 g/mol. The number of methoxy groups -OCH3 is 1. The maximum absolute atomic E-state index is 11.1. The number of ether oxygens (including phenoxy) is 2. The van der Waals surface area contributed by atoms with E-state index in [0.29, 0.717) is 6.42 Å². The van der Waals surface area contributed by atoms with Crippen LogP contribution >= 0.6 is 0 Å². The second kappa shape index (κ2) is 5.87. The highest BCUT2D eigenvalue weighted by atomic mass is 16.5. The van der Waals surface area contributed by atoms with Crippen LogP contribution in [0, 0.1) is 0 Å². The number of carbonyl (C=O) groups is 1. The molecule has 0 amide bonds. The zero-order valence-electron chi connectivity index (χ0n) is 10.8. The normalized spacial score (nSPS) is 18.9. The smallest absolute Gasteiger partial charge is 0.307 e. The molecule has 2 rings (SSSR count). The van der Waals surface area contributed by atoms with E-state index < -0.39 is 0 Å². The standard InChI is InChI=1S/C14H19NO3/c1-10(7-14(16)17-2)15-9-12-8-11-5-3-4-6-13(11)18-12/h3-6,10,12,15H,7-9H2,1-2H3. The molecule has 1 aliphatic heterocycles. The van der Waals surface area contributed by atoms with Crippen LogP contribution in [0.2, 0.25) is 0 Å². The van der Waals surface area contributed by atoms with Gasteiger partial charge < -0.3 is 14.8 Å². The number of rotatable bonds is 5. The summed E-state index contributed by atoms with van der Waals surface area (Å²) in [7, 11) is 1.41. The number of para-hydroxylation sites is 1. The second-order valence-corrected chi connectivity index (χ2v) is 4.64. The third kappa shape index (κ3) is 3.23. The van der Waals surface area contributed by atoms with Crippen molar-refractivity contribution in [2.75, 3.05) is 13.7 Å². The quantitative estimate of drug-likeness (QED) is 0.804. The fourth-order valence-electron chi connectivity index (χ4n) is 2.11. The predicted molar refractivity (Wildman–Crippen MR) is 68.7 cm³/mol. The number of carbonyl (C=O) groups excluding carboxylic acids is 1. The number of nitrogens with one attached hydrogen (secondary N) is 1. The van der Waals surface area contributed by atoms with Gasteiger partial charge in [-0.1, -0.05) is 18.2 Å². The van der Waals surface area contributed by atoms with E-state index in [0.717, 1.165) is 18.7 Å². The minimum atomic E-state index is -0.189. The molecule has 0 saturated heterocycles. The number of benzene rings is 1. The first kappa shape index (κ1) is 12.9. The maximum atomic E-state index is 11.1. The van der Waals surface area contributed by atoms with E-state index >= 15 is 0 Å². The lowest BCUT2D eigenvalue weighted by Crippen LogP contribution is -2.37. The largest absolute Gasteiger partial charge is 0.488 e. The number of hydrogen-bond acceptors (Lipinski definition) is 4. The molecule has 0 spiro atoms. The van der Waals surface area contributed by atoms with E-state index in [1.807, 2.05) is 25.1 Å². The summed E-state index contributed by atoms with van der Waals surface area (Å²) in [5, 5.41) is 3.30. The van der Waals surface area contributed by atoms with Crippen molar-refractivity contribution in [1.29, 1.82) is 0 Å². The van der Waals surface area contributed by atoms with Gasteiger partial charge in [0, 0.05) is 19.0 Å². The van der Waals surface area contributed by atoms with Crippen LogP contribution in [-0.2, 0) is 16.0 Å². The molecule has 1 aliphatic rings. The molecule has 0 aromatic heterocycles. The fraction of sp³-hybridized carbons (Fsp3) is 0.500. The Morgan fingerprint density at radius 2 is 2.33 bits per heavy atom. The van der Waals surface area contributed by atoms with E-state index in [-0.39, 0.29) is 18.1 Å². The summed E-state index contributed by atoms with van der Waals surface area (Å²) in [6.45, 7) is 2.71. The van der Waals surface area contributed by atoms with Gasteiger partial charge in [0.15, 0.2) is 0 Å². The molecule has 4 nitrogen and oxygen atoms in total. The molecule has 1 aromatic rings. The van der Waals surface area contributed by atoms with Crippen molar-refractivity contribution in [1.82, 2.24) is 5.32 Å². The lowest BCUT2D eigenvalue weighted by molar-refractivity contribution is -0.141. The molecule has 98 valence electrons. The molecule has 18 heavy (non-hydrogen) atoms. The van der Waals surface area contributed by atoms with Crippen LogP contribution in [0.3, 0.4) is 0 Å². The van der Waals surface area contributed by atoms with Gasteiger partial charge in [0.25, 0.3) is 0 Å². The van der Waals surface area contributed by atoms with Gasteiger partial charge in [-0.2, -0.15) is 0 Å². The Balaban J connectivity index is 1.75. The minimum absolute atomic E-state index is 0.102. The van der Waals surface area contributed by atoms with Crippen molar-refractivity contribution < 1.29 is 14.3 Å². The van der Waals surface area contributed by atoms with Gasteiger partial charge in [0.05, 0.1) is 13.5 Å². The second-order valence-electron chi connectivity index (χ2n) is 4.64. The molecule has 0 radical (unpaired) electrons. The molecule has 1 heterocycles. The average Bonchev–Trinajstić information content (AvgIpc) is 2.79. The van der Waals surface area contributed by atoms with E-state index in [9.17, 15) is 4.79 Å². The zero-order chi connectivity index (χ0) is 13.0. The topological polar surface area (TPSA) is 47.6 Å². The van der Waals surface area contributed by atoms with E-state index in [1.165, 1.54) is 12.7 Å². The molecule has 0 saturated carbocycles. The summed E-state index contributed by atoms with van der Waals surface area (Å²) >= 11 is 0. The van der Waals surface area contributed by atoms with Gasteiger partial charge in [-0.05, 0) is 18.6 Å². The summed E-state index contributed by atoms with van der Waals surface area (Å²) in [4.78, 5) is 11.1. The van der Waals surface area contributed by atoms with Crippen molar-refractivity contribution in [2.24, 2.45) is 0 Å². The van der Waals surface area contributed by atoms with Crippen LogP contribution in [0.4, 0.5) is 0 Å². The molecular formula is C14H19NO3. The van der Waals surface area contributed by atoms with Crippen molar-refractivity contribution in [3.05, 3.63) is 29.8 Å². The number of hydrogen-bond donors (Lipinski definition) is 1. The van der Waals surface area contributed by atoms with Crippen LogP contribution in [0.25, 0.3) is 0 Å². The van der Waals surface area contributed by atoms with E-state index in [4.69, 9.17) is 4.74 Å². The Hall–Kier alpha value is -1.55. The van der Waals surface area contributed by atoms with Gasteiger partial charge in [0.1, 0.15) is 11.9 Å². The molecule has 2 atom stereocenters. The summed E-state index contributed by atoms with van der Waals surface area (Å²) < 4.78 is 10.4. The SMILES string of the molecule is COC(=O)CC(C)NCC1Cc2ccccc2O1. The Bertz CT molecular complexity index is 394. The molecule has 0 aliphatic carbocycles. The van der Waals surface area contributed by atoms with E-state index in [2.05, 4.69) is 16.1 Å². The molecule has 4 heteroatoms. The van der Waals surface area contributed by atoms with Gasteiger partial charge in [-0.3, -0.25) is 4.79 Å². The zero-order valence-corrected chi connectivity index (χ0v) is 10.8. The molecular weight excluding hydrogens is 230 g/mol. The van der Waals surface area contributed by atoms with Gasteiger partial charge in [-0.25, -0.2) is 0 Å². The highest BCUT2D eigenvalue weighted by Crippen LogP contribution is 2.27. The van der Waals surface area contributed by atoms with E-state index in [1.54, 1.807) is 0 Å². The van der Waals surface area contributed by atoms with Crippen molar-refractivity contribution in [3.63, 3.8) is 0 Å². The molecule has 0 fully saturated rings. The van der Waals surface area contributed by atoms with Crippen molar-refractivity contribution >= 4 is 5.97 Å². The first-order chi connectivity index (χ1) is 8.69. The summed E-state index contributed by atoms with van der Waals surface area (Å²) in [5.41, 5.74) is 1.25. The van der Waals surface area contributed by atoms with Gasteiger partial charge in [0.2, 0.25) is 0 Å². The van der Waals surface area contributed by atoms with Crippen LogP contribution in [0.15, 0.2) is 24.3 Å². The molecule has 2 unspecified atom stereocenters. The first-order valence-electron chi connectivity index (χ1n) is 6.24. The maximum Gasteiger partial charge on any atom is 0.307 e. The third-order valence-corrected chi connectivity index (χ3v) is 3.11. The Morgan fingerprint density at radius 1 is 1.56 bits per heavy atom. The lowest BCUT2D eigenvalue weighted by Gasteiger charge is -2.16. The Labute approximate surface area is 107 Å². The summed E-state index contributed by atoms with van der Waals surface area (Å²) in [6, 6.07) is 8.19. The molecule has 1 aromatic carbocycles. The highest BCUT2D eigenvalue weighted by molar-refractivity contribution is 5.69. The first-order valence-corrected chi connectivity index (χ1v) is 6.24. The van der Waals surface area contributed by atoms with Crippen molar-refractivity contribution in [2.45, 2.75) is 31.9 Å². The number of esters is 1. The minimum Gasteiger partial charge on any atom is -0.488 e. The lowest BCUT2D eigenvalue weighted by atomic mass is 10.1. The van der Waals surface area contributed by atoms with Crippen LogP contribution in [-0.4, -0.2) is 31.8 Å². The summed E-state index contributed by atoms with van der Waals surface area (Å²) in [5.74, 6) is 0.788. The fourth-order valence-corrected chi connectivity index (χ4v) is 2.11. The molecule has 0 bridgehead atoms. The monoisotopic (exact) mass is 249 g/mol. The number of fused-ring (bicyclic) bond motifs is 1. The predicted octanol–water partition coefficient (Wildman–Crippen LogP) is 1.53. The van der Waals surface area contributed by atoms with Crippen molar-refractivity contribution in [3.8, 4) is 5.75 Å². The molecule has 1 N–H and O–H groups in total. The highest BCUT2D eigenvalue weighted by Gasteiger charge is 2.22. The Morgan fingerprint density at radius 3 is 3.06 bits per heavy atom. The van der Waals surface area contributed by atoms with Gasteiger partial charge >= 0.3 is 5.97 Å². The third-order valence-electron chi connectivity index (χ3n) is 3.11. The Kier molecular flexibility index (Phi) is 4.20. The van der Waals surface area contributed by atoms with Crippen LogP contribution in [0.1, 0.15) is 18.9 Å². The van der Waals surface area contributed by atoms with Crippen LogP contribution in [0.5, 0.6) is 5.75 Å². The van der Waals surface area contributed by atoms with Crippen LogP contribution < -0.4 is 10.1 Å². The van der Waals surface area contributed by atoms with Gasteiger partial charge in [-0.15, -0.1) is 0 Å². The summed E-state index contributed by atoms with van der Waals surface area (Å²) in [6.07, 6.45) is 1.46.